The van der Waals surface area contributed by atoms with Gasteiger partial charge in [0.2, 0.25) is 0 Å². The molecular formula is C24H34N4O3. The molecule has 0 saturated carbocycles. The van der Waals surface area contributed by atoms with Crippen molar-refractivity contribution in [1.29, 1.82) is 0 Å². The van der Waals surface area contributed by atoms with Crippen LogP contribution in [0.15, 0.2) is 36.5 Å². The number of phenols is 1. The number of ether oxygens (including phenoxy) is 1. The molecule has 0 bridgehead atoms. The van der Waals surface area contributed by atoms with Crippen molar-refractivity contribution in [3.63, 3.8) is 0 Å². The number of aryl methyl sites for hydroxylation is 1. The molecule has 7 heteroatoms. The summed E-state index contributed by atoms with van der Waals surface area (Å²) in [5, 5.41) is 9.47. The molecule has 3 heterocycles. The normalized spacial score (nSPS) is 20.1. The number of fused-ring (bicyclic) bond motifs is 1. The Morgan fingerprint density at radius 2 is 1.77 bits per heavy atom. The van der Waals surface area contributed by atoms with E-state index < -0.39 is 0 Å². The number of phenolic OH excluding ortho intramolecular Hbond substituents is 1. The topological polar surface area (TPSA) is 61.2 Å². The summed E-state index contributed by atoms with van der Waals surface area (Å²) in [5.74, 6) is 0.440. The SMILES string of the molecule is CCOC1CCN(CCCN2CCN(c3ccc(O)cc3)CC2)C(=O)c2ccn(C)c21. The maximum Gasteiger partial charge on any atom is 0.255 e. The van der Waals surface area contributed by atoms with Crippen LogP contribution in [0.1, 0.15) is 41.9 Å². The third-order valence-electron chi connectivity index (χ3n) is 6.46. The van der Waals surface area contributed by atoms with Crippen molar-refractivity contribution in [3.8, 4) is 5.75 Å². The maximum absolute atomic E-state index is 13.1. The molecule has 2 aliphatic heterocycles. The highest BCUT2D eigenvalue weighted by Gasteiger charge is 2.30. The van der Waals surface area contributed by atoms with E-state index in [-0.39, 0.29) is 12.0 Å². The minimum atomic E-state index is -0.0121. The number of benzene rings is 1. The van der Waals surface area contributed by atoms with Gasteiger partial charge in [-0.1, -0.05) is 0 Å². The van der Waals surface area contributed by atoms with Crippen molar-refractivity contribution in [1.82, 2.24) is 14.4 Å². The Hall–Kier alpha value is -2.51. The number of hydrogen-bond acceptors (Lipinski definition) is 5. The second kappa shape index (κ2) is 9.75. The number of amides is 1. The fourth-order valence-corrected chi connectivity index (χ4v) is 4.76. The van der Waals surface area contributed by atoms with Crippen LogP contribution in [-0.4, -0.2) is 77.8 Å². The van der Waals surface area contributed by atoms with Gasteiger partial charge in [0, 0.05) is 64.8 Å². The molecule has 2 aliphatic rings. The number of aromatic nitrogens is 1. The quantitative estimate of drug-likeness (QED) is 0.738. The minimum absolute atomic E-state index is 0.0121. The summed E-state index contributed by atoms with van der Waals surface area (Å²) >= 11 is 0. The molecule has 0 radical (unpaired) electrons. The van der Waals surface area contributed by atoms with Gasteiger partial charge in [-0.15, -0.1) is 0 Å². The standard InChI is InChI=1S/C24H34N4O3/c1-3-31-22-10-14-28(24(30)21-9-13-25(2)23(21)22)12-4-11-26-15-17-27(18-16-26)19-5-7-20(29)8-6-19/h5-9,13,22,29H,3-4,10-12,14-18H2,1-2H3. The second-order valence-corrected chi connectivity index (χ2v) is 8.45. The highest BCUT2D eigenvalue weighted by molar-refractivity contribution is 5.96. The predicted molar refractivity (Wildman–Crippen MR) is 122 cm³/mol. The first kappa shape index (κ1) is 21.7. The Morgan fingerprint density at radius 3 is 2.48 bits per heavy atom. The minimum Gasteiger partial charge on any atom is -0.508 e. The van der Waals surface area contributed by atoms with Gasteiger partial charge in [-0.2, -0.15) is 0 Å². The summed E-state index contributed by atoms with van der Waals surface area (Å²) in [6, 6.07) is 9.37. The number of carbonyl (C=O) groups excluding carboxylic acids is 1. The van der Waals surface area contributed by atoms with Crippen LogP contribution >= 0.6 is 0 Å². The molecule has 1 N–H and O–H groups in total. The van der Waals surface area contributed by atoms with E-state index in [9.17, 15) is 9.90 Å². The van der Waals surface area contributed by atoms with Gasteiger partial charge >= 0.3 is 0 Å². The maximum atomic E-state index is 13.1. The summed E-state index contributed by atoms with van der Waals surface area (Å²) in [6.45, 7) is 9.19. The van der Waals surface area contributed by atoms with Crippen LogP contribution in [0.3, 0.4) is 0 Å². The van der Waals surface area contributed by atoms with Crippen LogP contribution in [0.4, 0.5) is 5.69 Å². The van der Waals surface area contributed by atoms with Gasteiger partial charge < -0.3 is 24.2 Å². The number of rotatable bonds is 7. The molecule has 168 valence electrons. The molecule has 4 rings (SSSR count). The van der Waals surface area contributed by atoms with E-state index in [1.807, 2.05) is 47.8 Å². The average molecular weight is 427 g/mol. The molecule has 0 spiro atoms. The first-order chi connectivity index (χ1) is 15.1. The lowest BCUT2D eigenvalue weighted by molar-refractivity contribution is 0.0461. The lowest BCUT2D eigenvalue weighted by Crippen LogP contribution is -2.47. The number of hydrogen-bond donors (Lipinski definition) is 1. The van der Waals surface area contributed by atoms with E-state index in [1.165, 1.54) is 0 Å². The van der Waals surface area contributed by atoms with Crippen molar-refractivity contribution < 1.29 is 14.6 Å². The van der Waals surface area contributed by atoms with Gasteiger partial charge in [-0.05, 0) is 56.6 Å². The van der Waals surface area contributed by atoms with Gasteiger partial charge in [-0.25, -0.2) is 0 Å². The van der Waals surface area contributed by atoms with Crippen molar-refractivity contribution in [2.24, 2.45) is 7.05 Å². The predicted octanol–water partition coefficient (Wildman–Crippen LogP) is 2.87. The molecule has 1 aromatic heterocycles. The summed E-state index contributed by atoms with van der Waals surface area (Å²) in [5.41, 5.74) is 2.97. The zero-order chi connectivity index (χ0) is 21.8. The summed E-state index contributed by atoms with van der Waals surface area (Å²) < 4.78 is 7.98. The fraction of sp³-hybridized carbons (Fsp3) is 0.542. The number of aromatic hydroxyl groups is 1. The molecule has 7 nitrogen and oxygen atoms in total. The Labute approximate surface area is 184 Å². The third kappa shape index (κ3) is 4.88. The first-order valence-corrected chi connectivity index (χ1v) is 11.4. The van der Waals surface area contributed by atoms with Gasteiger partial charge in [-0.3, -0.25) is 9.69 Å². The van der Waals surface area contributed by atoms with E-state index >= 15 is 0 Å². The zero-order valence-corrected chi connectivity index (χ0v) is 18.7. The molecule has 1 amide bonds. The van der Waals surface area contributed by atoms with Crippen LogP contribution in [0.2, 0.25) is 0 Å². The van der Waals surface area contributed by atoms with Gasteiger partial charge in [0.25, 0.3) is 5.91 Å². The third-order valence-corrected chi connectivity index (χ3v) is 6.46. The van der Waals surface area contributed by atoms with Crippen LogP contribution in [0.5, 0.6) is 5.75 Å². The molecule has 1 saturated heterocycles. The summed E-state index contributed by atoms with van der Waals surface area (Å²) in [4.78, 5) is 20.0. The number of carbonyl (C=O) groups is 1. The van der Waals surface area contributed by atoms with Crippen molar-refractivity contribution >= 4 is 11.6 Å². The van der Waals surface area contributed by atoms with Crippen LogP contribution < -0.4 is 4.90 Å². The number of anilines is 1. The van der Waals surface area contributed by atoms with Crippen molar-refractivity contribution in [3.05, 3.63) is 47.8 Å². The highest BCUT2D eigenvalue weighted by Crippen LogP contribution is 2.30. The van der Waals surface area contributed by atoms with E-state index in [2.05, 4.69) is 9.80 Å². The fourth-order valence-electron chi connectivity index (χ4n) is 4.76. The van der Waals surface area contributed by atoms with Gasteiger partial charge in [0.15, 0.2) is 0 Å². The van der Waals surface area contributed by atoms with E-state index in [4.69, 9.17) is 4.74 Å². The van der Waals surface area contributed by atoms with Crippen molar-refractivity contribution in [2.45, 2.75) is 25.9 Å². The molecule has 0 aliphatic carbocycles. The lowest BCUT2D eigenvalue weighted by atomic mass is 10.1. The number of nitrogens with zero attached hydrogens (tertiary/aromatic N) is 4. The van der Waals surface area contributed by atoms with Gasteiger partial charge in [0.1, 0.15) is 5.75 Å². The second-order valence-electron chi connectivity index (χ2n) is 8.45. The molecule has 1 aromatic carbocycles. The van der Waals surface area contributed by atoms with Crippen LogP contribution in [0.25, 0.3) is 0 Å². The van der Waals surface area contributed by atoms with E-state index in [0.29, 0.717) is 12.4 Å². The van der Waals surface area contributed by atoms with Crippen molar-refractivity contribution in [2.75, 3.05) is 57.3 Å². The average Bonchev–Trinajstić information content (AvgIpc) is 3.11. The van der Waals surface area contributed by atoms with E-state index in [0.717, 1.165) is 75.6 Å². The highest BCUT2D eigenvalue weighted by atomic mass is 16.5. The Morgan fingerprint density at radius 1 is 1.03 bits per heavy atom. The molecule has 1 atom stereocenters. The first-order valence-electron chi connectivity index (χ1n) is 11.4. The molecule has 1 unspecified atom stereocenters. The zero-order valence-electron chi connectivity index (χ0n) is 18.7. The summed E-state index contributed by atoms with van der Waals surface area (Å²) in [6.07, 6.45) is 3.77. The Balaban J connectivity index is 1.27. The monoisotopic (exact) mass is 426 g/mol. The lowest BCUT2D eigenvalue weighted by Gasteiger charge is -2.36. The summed E-state index contributed by atoms with van der Waals surface area (Å²) in [7, 11) is 1.99. The molecule has 31 heavy (non-hydrogen) atoms. The molecule has 1 fully saturated rings. The number of piperazine rings is 1. The Kier molecular flexibility index (Phi) is 6.83. The largest absolute Gasteiger partial charge is 0.508 e. The Bertz CT molecular complexity index is 871. The van der Waals surface area contributed by atoms with Crippen LogP contribution in [-0.2, 0) is 11.8 Å². The van der Waals surface area contributed by atoms with E-state index in [1.54, 1.807) is 12.1 Å². The smallest absolute Gasteiger partial charge is 0.255 e. The molecular weight excluding hydrogens is 392 g/mol. The van der Waals surface area contributed by atoms with Gasteiger partial charge in [0.05, 0.1) is 17.4 Å². The van der Waals surface area contributed by atoms with Crippen LogP contribution in [0, 0.1) is 0 Å². The molecule has 2 aromatic rings.